The summed E-state index contributed by atoms with van der Waals surface area (Å²) in [6, 6.07) is 3.41. The smallest absolute Gasteiger partial charge is 0.0617 e. The Kier molecular flexibility index (Phi) is 27.7. The van der Waals surface area contributed by atoms with Gasteiger partial charge in [0, 0.05) is 79.5 Å². The minimum Gasteiger partial charge on any atom is -0.380 e. The van der Waals surface area contributed by atoms with Gasteiger partial charge in [-0.3, -0.25) is 0 Å². The lowest BCUT2D eigenvalue weighted by atomic mass is 10.1. The molecule has 0 radical (unpaired) electrons. The van der Waals surface area contributed by atoms with Crippen LogP contribution in [0.2, 0.25) is 0 Å². The van der Waals surface area contributed by atoms with E-state index in [1.165, 1.54) is 87.8 Å². The van der Waals surface area contributed by atoms with Gasteiger partial charge in [0.1, 0.15) is 0 Å². The van der Waals surface area contributed by atoms with Gasteiger partial charge in [-0.25, -0.2) is 0 Å². The fourth-order valence-corrected chi connectivity index (χ4v) is 6.64. The van der Waals surface area contributed by atoms with Crippen LogP contribution in [0.25, 0.3) is 0 Å². The number of nitrogens with one attached hydrogen (secondary N) is 5. The van der Waals surface area contributed by atoms with Crippen molar-refractivity contribution in [2.45, 2.75) is 103 Å². The number of morpholine rings is 1. The molecule has 42 heavy (non-hydrogen) atoms. The van der Waals surface area contributed by atoms with Gasteiger partial charge in [-0.1, -0.05) is 6.42 Å². The second-order valence-electron chi connectivity index (χ2n) is 12.4. The summed E-state index contributed by atoms with van der Waals surface area (Å²) in [5, 5.41) is 16.6. The summed E-state index contributed by atoms with van der Waals surface area (Å²) >= 11 is 4.08. The lowest BCUT2D eigenvalue weighted by molar-refractivity contribution is 0.0824. The first-order valence-corrected chi connectivity index (χ1v) is 19.3. The number of rotatable bonds is 0. The van der Waals surface area contributed by atoms with Crippen molar-refractivity contribution < 1.29 is 9.47 Å². The third-order valence-electron chi connectivity index (χ3n) is 7.53. The van der Waals surface area contributed by atoms with Gasteiger partial charge in [0.2, 0.25) is 0 Å². The Bertz CT molecular complexity index is 481. The second-order valence-corrected chi connectivity index (χ2v) is 14.7. The minimum atomic E-state index is 0.553. The molecule has 6 heterocycles. The van der Waals surface area contributed by atoms with Crippen LogP contribution in [0.15, 0.2) is 0 Å². The van der Waals surface area contributed by atoms with Gasteiger partial charge in [-0.2, -0.15) is 23.5 Å². The maximum Gasteiger partial charge on any atom is 0.0617 e. The zero-order chi connectivity index (χ0) is 30.7. The van der Waals surface area contributed by atoms with E-state index in [4.69, 9.17) is 9.47 Å². The molecule has 0 aromatic rings. The van der Waals surface area contributed by atoms with Crippen molar-refractivity contribution in [3.63, 3.8) is 0 Å². The number of hydrogen-bond acceptors (Lipinski definition) is 10. The third-order valence-corrected chi connectivity index (χ3v) is 9.99. The minimum absolute atomic E-state index is 0.553. The lowest BCUT2D eigenvalue weighted by Crippen LogP contribution is -2.38. The van der Waals surface area contributed by atoms with Crippen LogP contribution in [0.5, 0.6) is 0 Å². The molecule has 6 saturated heterocycles. The van der Waals surface area contributed by atoms with E-state index in [-0.39, 0.29) is 0 Å². The number of nitrogens with zero attached hydrogens (tertiary/aromatic N) is 1. The average molecular weight is 635 g/mol. The first-order chi connectivity index (χ1) is 20.4. The van der Waals surface area contributed by atoms with Gasteiger partial charge in [0.05, 0.1) is 19.8 Å². The SMILES string of the molecule is CN1CCCCC1.C[C@H]1CCCN1.C[C@H]1COCCCN1.C[C@H]1COCCN1.C[C@H]1CSCCN1.C[C@H]1CSCCN1. The molecule has 5 N–H and O–H groups in total. The zero-order valence-corrected chi connectivity index (χ0v) is 29.9. The summed E-state index contributed by atoms with van der Waals surface area (Å²) in [4.78, 5) is 2.39. The van der Waals surface area contributed by atoms with Crippen molar-refractivity contribution in [3.05, 3.63) is 0 Å². The molecule has 6 rings (SSSR count). The molecule has 6 aliphatic rings. The van der Waals surface area contributed by atoms with E-state index in [1.54, 1.807) is 0 Å². The number of likely N-dealkylation sites (tertiary alicyclic amines) is 1. The van der Waals surface area contributed by atoms with Crippen LogP contribution in [-0.2, 0) is 9.47 Å². The lowest BCUT2D eigenvalue weighted by Gasteiger charge is -2.20. The molecule has 0 saturated carbocycles. The van der Waals surface area contributed by atoms with Crippen LogP contribution in [0.4, 0.5) is 0 Å². The first-order valence-electron chi connectivity index (χ1n) is 17.0. The van der Waals surface area contributed by atoms with Crippen molar-refractivity contribution in [2.75, 3.05) is 102 Å². The molecule has 0 aliphatic carbocycles. The third kappa shape index (κ3) is 26.8. The molecule has 0 aromatic heterocycles. The highest BCUT2D eigenvalue weighted by atomic mass is 32.2. The standard InChI is InChI=1S/C6H13NO.C6H13N.C5H11NO.2C5H11NS.C5H11N/c1-6-5-8-4-2-3-7-6;1-7-5-3-2-4-6-7;3*1-5-4-7-3-2-6-5;1-5-3-2-4-6-5/h6-7H,2-5H2,1H3;2-6H2,1H3;3*5-6H,2-4H2,1H3;5-6H,2-4H2,1H3/t6-;;4*5-/m0.0000/s1. The maximum absolute atomic E-state index is 5.24. The predicted octanol–water partition coefficient (Wildman–Crippen LogP) is 3.66. The monoisotopic (exact) mass is 635 g/mol. The summed E-state index contributed by atoms with van der Waals surface area (Å²) < 4.78 is 10.4. The maximum atomic E-state index is 5.24. The van der Waals surface area contributed by atoms with Crippen molar-refractivity contribution in [2.24, 2.45) is 0 Å². The Labute approximate surface area is 269 Å². The van der Waals surface area contributed by atoms with Gasteiger partial charge >= 0.3 is 0 Å². The molecule has 252 valence electrons. The van der Waals surface area contributed by atoms with E-state index in [0.717, 1.165) is 64.1 Å². The Morgan fingerprint density at radius 2 is 1.02 bits per heavy atom. The fourth-order valence-electron chi connectivity index (χ4n) is 4.84. The van der Waals surface area contributed by atoms with Gasteiger partial charge < -0.3 is 41.0 Å². The normalized spacial score (nSPS) is 31.7. The van der Waals surface area contributed by atoms with Crippen molar-refractivity contribution in [1.29, 1.82) is 0 Å². The van der Waals surface area contributed by atoms with Crippen molar-refractivity contribution in [1.82, 2.24) is 31.5 Å². The molecule has 6 fully saturated rings. The van der Waals surface area contributed by atoms with E-state index in [1.807, 2.05) is 23.5 Å². The summed E-state index contributed by atoms with van der Waals surface area (Å²) in [7, 11) is 2.19. The van der Waals surface area contributed by atoms with Crippen LogP contribution in [0, 0.1) is 0 Å². The molecular formula is C32H70N6O2S2. The number of ether oxygens (including phenoxy) is 2. The highest BCUT2D eigenvalue weighted by Crippen LogP contribution is 2.06. The van der Waals surface area contributed by atoms with Crippen LogP contribution in [0.3, 0.4) is 0 Å². The molecule has 0 aromatic carbocycles. The highest BCUT2D eigenvalue weighted by molar-refractivity contribution is 7.99. The van der Waals surface area contributed by atoms with Gasteiger partial charge in [0.15, 0.2) is 0 Å². The summed E-state index contributed by atoms with van der Waals surface area (Å²) in [5.74, 6) is 5.18. The predicted molar refractivity (Wildman–Crippen MR) is 189 cm³/mol. The summed E-state index contributed by atoms with van der Waals surface area (Å²) in [6.07, 6.45) is 8.18. The quantitative estimate of drug-likeness (QED) is 0.273. The molecule has 8 nitrogen and oxygen atoms in total. The zero-order valence-electron chi connectivity index (χ0n) is 28.3. The summed E-state index contributed by atoms with van der Waals surface area (Å²) in [6.45, 7) is 22.9. The Morgan fingerprint density at radius 3 is 1.36 bits per heavy atom. The second kappa shape index (κ2) is 28.8. The van der Waals surface area contributed by atoms with Crippen molar-refractivity contribution >= 4 is 23.5 Å². The molecular weight excluding hydrogens is 565 g/mol. The Morgan fingerprint density at radius 1 is 0.524 bits per heavy atom. The van der Waals surface area contributed by atoms with Gasteiger partial charge in [0.25, 0.3) is 0 Å². The van der Waals surface area contributed by atoms with E-state index in [9.17, 15) is 0 Å². The number of piperidine rings is 1. The Hall–Kier alpha value is 0.380. The van der Waals surface area contributed by atoms with E-state index in [2.05, 4.69) is 73.2 Å². The highest BCUT2D eigenvalue weighted by Gasteiger charge is 2.07. The van der Waals surface area contributed by atoms with Crippen molar-refractivity contribution in [3.8, 4) is 0 Å². The van der Waals surface area contributed by atoms with Crippen LogP contribution in [-0.4, -0.2) is 137 Å². The average Bonchev–Trinajstić information content (AvgIpc) is 3.36. The van der Waals surface area contributed by atoms with E-state index >= 15 is 0 Å². The molecule has 10 heteroatoms. The van der Waals surface area contributed by atoms with Crippen LogP contribution >= 0.6 is 23.5 Å². The fraction of sp³-hybridized carbons (Fsp3) is 1.00. The van der Waals surface area contributed by atoms with Gasteiger partial charge in [-0.15, -0.1) is 0 Å². The Balaban J connectivity index is 0.000000252. The molecule has 0 unspecified atom stereocenters. The number of thioether (sulfide) groups is 2. The topological polar surface area (TPSA) is 81.9 Å². The first kappa shape index (κ1) is 40.4. The molecule has 6 aliphatic heterocycles. The number of hydrogen-bond donors (Lipinski definition) is 5. The van der Waals surface area contributed by atoms with E-state index in [0.29, 0.717) is 12.1 Å². The van der Waals surface area contributed by atoms with Gasteiger partial charge in [-0.05, 0) is 99.9 Å². The van der Waals surface area contributed by atoms with Crippen LogP contribution in [0.1, 0.15) is 73.1 Å². The molecule has 0 amide bonds. The molecule has 0 spiro atoms. The van der Waals surface area contributed by atoms with Crippen LogP contribution < -0.4 is 26.6 Å². The summed E-state index contributed by atoms with van der Waals surface area (Å²) in [5.41, 5.74) is 0. The molecule has 5 atom stereocenters. The largest absolute Gasteiger partial charge is 0.380 e. The van der Waals surface area contributed by atoms with E-state index < -0.39 is 0 Å². The molecule has 0 bridgehead atoms.